The molecule has 0 spiro atoms. The Hall–Kier alpha value is -3.61. The van der Waals surface area contributed by atoms with Gasteiger partial charge in [-0.2, -0.15) is 0 Å². The number of carbonyl (C=O) groups excluding carboxylic acids is 1. The van der Waals surface area contributed by atoms with Crippen molar-refractivity contribution in [2.45, 2.75) is 0 Å². The van der Waals surface area contributed by atoms with E-state index in [9.17, 15) is 4.79 Å². The number of pyridine rings is 2. The first kappa shape index (κ1) is 18.7. The fraction of sp³-hybridized carbons (Fsp3) is 0.227. The van der Waals surface area contributed by atoms with Crippen LogP contribution in [0.1, 0.15) is 10.4 Å². The minimum atomic E-state index is 0.0103. The van der Waals surface area contributed by atoms with Crippen molar-refractivity contribution < 1.29 is 9.53 Å². The number of para-hydroxylation sites is 2. The molecule has 4 rings (SSSR count). The molecule has 1 fully saturated rings. The first-order valence-electron chi connectivity index (χ1n) is 9.56. The summed E-state index contributed by atoms with van der Waals surface area (Å²) in [7, 11) is 1.62. The van der Waals surface area contributed by atoms with Crippen LogP contribution >= 0.6 is 0 Å². The van der Waals surface area contributed by atoms with E-state index in [1.165, 1.54) is 0 Å². The number of methoxy groups -OCH3 is 1. The average molecular weight is 389 g/mol. The average Bonchev–Trinajstić information content (AvgIpc) is 2.80. The number of benzene rings is 1. The number of hydrogen-bond donors (Lipinski definition) is 1. The van der Waals surface area contributed by atoms with Gasteiger partial charge in [0.1, 0.15) is 17.4 Å². The Labute approximate surface area is 170 Å². The van der Waals surface area contributed by atoms with E-state index in [0.29, 0.717) is 24.5 Å². The van der Waals surface area contributed by atoms with Crippen LogP contribution in [-0.2, 0) is 0 Å². The standard InChI is InChI=1S/C22H23N5O2/c1-29-19-7-3-2-6-18(19)25-20-16-17(9-11-23-20)22(28)27-14-12-26(13-15-27)21-8-4-5-10-24-21/h2-11,16H,12-15H2,1H3,(H,23,25). The van der Waals surface area contributed by atoms with E-state index in [-0.39, 0.29) is 5.91 Å². The highest BCUT2D eigenvalue weighted by Crippen LogP contribution is 2.26. The zero-order valence-corrected chi connectivity index (χ0v) is 16.3. The predicted octanol–water partition coefficient (Wildman–Crippen LogP) is 3.19. The van der Waals surface area contributed by atoms with Gasteiger partial charge in [-0.1, -0.05) is 18.2 Å². The van der Waals surface area contributed by atoms with Crippen LogP contribution in [0.3, 0.4) is 0 Å². The second kappa shape index (κ2) is 8.60. The van der Waals surface area contributed by atoms with E-state index >= 15 is 0 Å². The second-order valence-corrected chi connectivity index (χ2v) is 6.72. The lowest BCUT2D eigenvalue weighted by Gasteiger charge is -2.35. The highest BCUT2D eigenvalue weighted by Gasteiger charge is 2.23. The van der Waals surface area contributed by atoms with Crippen LogP contribution in [0.25, 0.3) is 0 Å². The third kappa shape index (κ3) is 4.29. The van der Waals surface area contributed by atoms with Crippen LogP contribution in [0.15, 0.2) is 67.0 Å². The molecule has 0 aliphatic carbocycles. The molecule has 1 aromatic carbocycles. The largest absolute Gasteiger partial charge is 0.495 e. The molecule has 7 nitrogen and oxygen atoms in total. The lowest BCUT2D eigenvalue weighted by Crippen LogP contribution is -2.49. The monoisotopic (exact) mass is 389 g/mol. The number of nitrogens with zero attached hydrogens (tertiary/aromatic N) is 4. The predicted molar refractivity (Wildman–Crippen MR) is 113 cm³/mol. The molecule has 7 heteroatoms. The molecule has 29 heavy (non-hydrogen) atoms. The number of aromatic nitrogens is 2. The summed E-state index contributed by atoms with van der Waals surface area (Å²) in [6, 6.07) is 17.0. The summed E-state index contributed by atoms with van der Waals surface area (Å²) in [5.74, 6) is 2.28. The zero-order valence-electron chi connectivity index (χ0n) is 16.3. The fourth-order valence-corrected chi connectivity index (χ4v) is 3.38. The first-order chi connectivity index (χ1) is 14.2. The molecule has 1 saturated heterocycles. The minimum Gasteiger partial charge on any atom is -0.495 e. The number of nitrogens with one attached hydrogen (secondary N) is 1. The highest BCUT2D eigenvalue weighted by molar-refractivity contribution is 5.95. The molecule has 0 unspecified atom stereocenters. The molecule has 3 heterocycles. The van der Waals surface area contributed by atoms with E-state index in [4.69, 9.17) is 4.74 Å². The minimum absolute atomic E-state index is 0.0103. The van der Waals surface area contributed by atoms with E-state index in [0.717, 1.165) is 30.3 Å². The molecule has 0 radical (unpaired) electrons. The number of ether oxygens (including phenoxy) is 1. The molecular weight excluding hydrogens is 366 g/mol. The summed E-state index contributed by atoms with van der Waals surface area (Å²) in [5.41, 5.74) is 1.42. The van der Waals surface area contributed by atoms with Gasteiger partial charge in [0.05, 0.1) is 12.8 Å². The Morgan fingerprint density at radius 3 is 2.52 bits per heavy atom. The van der Waals surface area contributed by atoms with E-state index < -0.39 is 0 Å². The Kier molecular flexibility index (Phi) is 5.56. The van der Waals surface area contributed by atoms with Crippen molar-refractivity contribution >= 4 is 23.2 Å². The summed E-state index contributed by atoms with van der Waals surface area (Å²) < 4.78 is 5.36. The van der Waals surface area contributed by atoms with Crippen LogP contribution in [0.5, 0.6) is 5.75 Å². The molecule has 2 aromatic heterocycles. The fourth-order valence-electron chi connectivity index (χ4n) is 3.38. The van der Waals surface area contributed by atoms with Gasteiger partial charge in [-0.05, 0) is 36.4 Å². The van der Waals surface area contributed by atoms with E-state index in [1.807, 2.05) is 47.4 Å². The molecule has 0 saturated carbocycles. The van der Waals surface area contributed by atoms with E-state index in [2.05, 4.69) is 20.2 Å². The number of rotatable bonds is 5. The smallest absolute Gasteiger partial charge is 0.254 e. The van der Waals surface area contributed by atoms with Crippen LogP contribution < -0.4 is 15.0 Å². The van der Waals surface area contributed by atoms with Gasteiger partial charge in [0.2, 0.25) is 0 Å². The number of amides is 1. The Bertz CT molecular complexity index is 972. The molecule has 0 atom stereocenters. The number of anilines is 3. The summed E-state index contributed by atoms with van der Waals surface area (Å²) in [4.78, 5) is 25.8. The summed E-state index contributed by atoms with van der Waals surface area (Å²) in [6.45, 7) is 2.85. The first-order valence-corrected chi connectivity index (χ1v) is 9.56. The molecule has 148 valence electrons. The third-order valence-electron chi connectivity index (χ3n) is 4.92. The van der Waals surface area contributed by atoms with Crippen molar-refractivity contribution in [3.05, 3.63) is 72.6 Å². The number of carbonyl (C=O) groups is 1. The zero-order chi connectivity index (χ0) is 20.1. The maximum absolute atomic E-state index is 13.0. The Morgan fingerprint density at radius 2 is 1.76 bits per heavy atom. The third-order valence-corrected chi connectivity index (χ3v) is 4.92. The van der Waals surface area contributed by atoms with Crippen molar-refractivity contribution in [2.24, 2.45) is 0 Å². The molecule has 0 bridgehead atoms. The number of piperazine rings is 1. The van der Waals surface area contributed by atoms with E-state index in [1.54, 1.807) is 31.6 Å². The van der Waals surface area contributed by atoms with Crippen molar-refractivity contribution in [3.8, 4) is 5.75 Å². The van der Waals surface area contributed by atoms with Crippen molar-refractivity contribution in [1.29, 1.82) is 0 Å². The van der Waals surface area contributed by atoms with Gasteiger partial charge in [-0.15, -0.1) is 0 Å². The van der Waals surface area contributed by atoms with Crippen molar-refractivity contribution in [2.75, 3.05) is 43.5 Å². The molecule has 1 N–H and O–H groups in total. The molecule has 3 aromatic rings. The van der Waals surface area contributed by atoms with Gasteiger partial charge in [0.25, 0.3) is 5.91 Å². The van der Waals surface area contributed by atoms with Gasteiger partial charge in [0, 0.05) is 44.1 Å². The lowest BCUT2D eigenvalue weighted by molar-refractivity contribution is 0.0746. The number of hydrogen-bond acceptors (Lipinski definition) is 6. The van der Waals surface area contributed by atoms with Gasteiger partial charge < -0.3 is 19.9 Å². The van der Waals surface area contributed by atoms with Crippen LogP contribution in [0.2, 0.25) is 0 Å². The quantitative estimate of drug-likeness (QED) is 0.723. The van der Waals surface area contributed by atoms with Gasteiger partial charge in [-0.25, -0.2) is 9.97 Å². The SMILES string of the molecule is COc1ccccc1Nc1cc(C(=O)N2CCN(c3ccccn3)CC2)ccn1. The van der Waals surface area contributed by atoms with Crippen LogP contribution in [0.4, 0.5) is 17.3 Å². The Balaban J connectivity index is 1.43. The topological polar surface area (TPSA) is 70.6 Å². The van der Waals surface area contributed by atoms with Gasteiger partial charge >= 0.3 is 0 Å². The lowest BCUT2D eigenvalue weighted by atomic mass is 10.2. The molecular formula is C22H23N5O2. The Morgan fingerprint density at radius 1 is 0.966 bits per heavy atom. The second-order valence-electron chi connectivity index (χ2n) is 6.72. The molecule has 1 aliphatic rings. The van der Waals surface area contributed by atoms with Crippen molar-refractivity contribution in [3.63, 3.8) is 0 Å². The summed E-state index contributed by atoms with van der Waals surface area (Å²) in [5, 5.41) is 3.23. The maximum atomic E-state index is 13.0. The molecule has 1 amide bonds. The van der Waals surface area contributed by atoms with Crippen LogP contribution in [-0.4, -0.2) is 54.1 Å². The highest BCUT2D eigenvalue weighted by atomic mass is 16.5. The van der Waals surface area contributed by atoms with Gasteiger partial charge in [-0.3, -0.25) is 4.79 Å². The normalized spacial score (nSPS) is 13.8. The van der Waals surface area contributed by atoms with Gasteiger partial charge in [0.15, 0.2) is 0 Å². The molecule has 1 aliphatic heterocycles. The summed E-state index contributed by atoms with van der Waals surface area (Å²) in [6.07, 6.45) is 3.44. The van der Waals surface area contributed by atoms with Crippen LogP contribution in [0, 0.1) is 0 Å². The summed E-state index contributed by atoms with van der Waals surface area (Å²) >= 11 is 0. The maximum Gasteiger partial charge on any atom is 0.254 e. The van der Waals surface area contributed by atoms with Crippen molar-refractivity contribution in [1.82, 2.24) is 14.9 Å².